The first-order valence-corrected chi connectivity index (χ1v) is 16.5. The minimum Gasteiger partial charge on any atom is -0.507 e. The number of unbranched alkanes of at least 4 members (excludes halogenated alkanes) is 1. The van der Waals surface area contributed by atoms with Crippen LogP contribution in [-0.4, -0.2) is 40.2 Å². The van der Waals surface area contributed by atoms with Crippen molar-refractivity contribution in [2.75, 3.05) is 18.1 Å². The van der Waals surface area contributed by atoms with Crippen LogP contribution in [0.1, 0.15) is 55.0 Å². The zero-order chi connectivity index (χ0) is 31.2. The molecule has 0 aliphatic carbocycles. The number of aromatic nitrogens is 2. The summed E-state index contributed by atoms with van der Waals surface area (Å²) in [6, 6.07) is 19.0. The number of carbonyl (C=O) groups is 2. The van der Waals surface area contributed by atoms with Crippen molar-refractivity contribution in [3.05, 3.63) is 99.6 Å². The van der Waals surface area contributed by atoms with Gasteiger partial charge in [0.15, 0.2) is 15.8 Å². The molecule has 2 heterocycles. The Morgan fingerprint density at radius 2 is 1.80 bits per heavy atom. The number of aryl methyl sites for hydroxylation is 1. The highest BCUT2D eigenvalue weighted by molar-refractivity contribution is 8.00. The van der Waals surface area contributed by atoms with Gasteiger partial charge in [-0.25, -0.2) is 0 Å². The number of Topliss-reactive ketones (excluding diaryl/α,β-unsaturated/α-hetero) is 1. The quantitative estimate of drug-likeness (QED) is 0.0411. The molecule has 1 N–H and O–H groups in total. The normalized spacial score (nSPS) is 16.0. The van der Waals surface area contributed by atoms with Crippen LogP contribution in [0.15, 0.2) is 76.6 Å². The van der Waals surface area contributed by atoms with Gasteiger partial charge < -0.3 is 14.6 Å². The molecular weight excluding hydrogens is 618 g/mol. The van der Waals surface area contributed by atoms with E-state index in [0.29, 0.717) is 51.0 Å². The van der Waals surface area contributed by atoms with Gasteiger partial charge in [0.1, 0.15) is 5.76 Å². The van der Waals surface area contributed by atoms with Gasteiger partial charge in [-0.05, 0) is 49.6 Å². The molecular formula is C33H32ClN3O5S2. The van der Waals surface area contributed by atoms with Crippen molar-refractivity contribution in [3.8, 4) is 11.5 Å². The first kappa shape index (κ1) is 31.6. The fraction of sp³-hybridized carbons (Fsp3) is 0.273. The van der Waals surface area contributed by atoms with E-state index in [1.54, 1.807) is 30.3 Å². The molecule has 8 nitrogen and oxygen atoms in total. The van der Waals surface area contributed by atoms with E-state index < -0.39 is 17.7 Å². The maximum Gasteiger partial charge on any atom is 0.301 e. The second kappa shape index (κ2) is 14.3. The van der Waals surface area contributed by atoms with Crippen molar-refractivity contribution in [1.82, 2.24) is 10.2 Å². The lowest BCUT2D eigenvalue weighted by atomic mass is 9.95. The lowest BCUT2D eigenvalue weighted by molar-refractivity contribution is -0.132. The minimum absolute atomic E-state index is 0.0403. The van der Waals surface area contributed by atoms with E-state index in [2.05, 4.69) is 17.1 Å². The van der Waals surface area contributed by atoms with Gasteiger partial charge in [-0.1, -0.05) is 102 Å². The number of hydrogen-bond acceptors (Lipinski definition) is 9. The summed E-state index contributed by atoms with van der Waals surface area (Å²) in [6.45, 7) is 6.80. The van der Waals surface area contributed by atoms with Crippen molar-refractivity contribution >= 4 is 57.3 Å². The van der Waals surface area contributed by atoms with Crippen LogP contribution < -0.4 is 14.4 Å². The van der Waals surface area contributed by atoms with Gasteiger partial charge in [-0.2, -0.15) is 0 Å². The first-order valence-electron chi connectivity index (χ1n) is 14.3. The molecule has 1 atom stereocenters. The molecule has 0 radical (unpaired) electrons. The van der Waals surface area contributed by atoms with E-state index in [9.17, 15) is 14.7 Å². The van der Waals surface area contributed by atoms with Gasteiger partial charge in [0.25, 0.3) is 5.78 Å². The number of thioether (sulfide) groups is 1. The maximum absolute atomic E-state index is 13.7. The zero-order valence-corrected chi connectivity index (χ0v) is 27.0. The number of ether oxygens (including phenoxy) is 2. The summed E-state index contributed by atoms with van der Waals surface area (Å²) in [5, 5.41) is 21.0. The molecule has 44 heavy (non-hydrogen) atoms. The maximum atomic E-state index is 13.7. The summed E-state index contributed by atoms with van der Waals surface area (Å²) in [5.41, 5.74) is 2.89. The van der Waals surface area contributed by atoms with Crippen LogP contribution in [0.4, 0.5) is 5.13 Å². The molecule has 1 amide bonds. The van der Waals surface area contributed by atoms with Crippen molar-refractivity contribution in [2.24, 2.45) is 0 Å². The Morgan fingerprint density at radius 3 is 2.52 bits per heavy atom. The molecule has 1 unspecified atom stereocenters. The zero-order valence-electron chi connectivity index (χ0n) is 24.6. The fourth-order valence-corrected chi connectivity index (χ4v) is 6.89. The number of halogens is 1. The lowest BCUT2D eigenvalue weighted by Crippen LogP contribution is -2.29. The largest absolute Gasteiger partial charge is 0.507 e. The van der Waals surface area contributed by atoms with Gasteiger partial charge >= 0.3 is 5.91 Å². The van der Waals surface area contributed by atoms with Gasteiger partial charge in [0.2, 0.25) is 5.13 Å². The van der Waals surface area contributed by atoms with Crippen LogP contribution >= 0.6 is 34.7 Å². The van der Waals surface area contributed by atoms with E-state index in [1.165, 1.54) is 28.0 Å². The van der Waals surface area contributed by atoms with E-state index in [1.807, 2.05) is 50.2 Å². The summed E-state index contributed by atoms with van der Waals surface area (Å²) in [5.74, 6) is -0.279. The number of anilines is 1. The molecule has 1 aliphatic heterocycles. The number of benzene rings is 3. The van der Waals surface area contributed by atoms with Crippen molar-refractivity contribution in [1.29, 1.82) is 0 Å². The number of rotatable bonds is 12. The van der Waals surface area contributed by atoms with Crippen LogP contribution in [0.3, 0.4) is 0 Å². The van der Waals surface area contributed by atoms with Crippen LogP contribution in [0.5, 0.6) is 11.5 Å². The highest BCUT2D eigenvalue weighted by Gasteiger charge is 2.48. The number of amides is 1. The molecule has 4 aromatic rings. The molecule has 11 heteroatoms. The van der Waals surface area contributed by atoms with E-state index in [4.69, 9.17) is 21.1 Å². The molecule has 1 saturated heterocycles. The molecule has 0 saturated carbocycles. The summed E-state index contributed by atoms with van der Waals surface area (Å²) in [4.78, 5) is 28.6. The van der Waals surface area contributed by atoms with Crippen molar-refractivity contribution in [2.45, 2.75) is 49.7 Å². The molecule has 3 aromatic carbocycles. The average Bonchev–Trinajstić information content (AvgIpc) is 3.59. The summed E-state index contributed by atoms with van der Waals surface area (Å²) >= 11 is 8.95. The Morgan fingerprint density at radius 1 is 1.02 bits per heavy atom. The van der Waals surface area contributed by atoms with Crippen LogP contribution in [0.2, 0.25) is 5.02 Å². The fourth-order valence-electron chi connectivity index (χ4n) is 4.73. The molecule has 0 spiro atoms. The van der Waals surface area contributed by atoms with E-state index in [-0.39, 0.29) is 16.5 Å². The molecule has 228 valence electrons. The first-order chi connectivity index (χ1) is 21.3. The second-order valence-corrected chi connectivity index (χ2v) is 12.7. The smallest absolute Gasteiger partial charge is 0.301 e. The Balaban J connectivity index is 1.57. The standard InChI is InChI=1S/C33H32ClN3O5S2/c1-4-6-17-42-25-16-15-22(18-26(25)41-5-2)28-27(29(38)21-13-11-20(3)12-14-21)30(39)31(40)37(28)32-35-36-33(44-32)43-19-23-9-7-8-10-24(23)34/h7-16,18,28,38H,4-6,17,19H2,1-3H3. The van der Waals surface area contributed by atoms with Crippen LogP contribution in [0, 0.1) is 6.92 Å². The Kier molecular flexibility index (Phi) is 10.2. The lowest BCUT2D eigenvalue weighted by Gasteiger charge is -2.23. The molecule has 0 bridgehead atoms. The van der Waals surface area contributed by atoms with Crippen LogP contribution in [0.25, 0.3) is 5.76 Å². The van der Waals surface area contributed by atoms with E-state index >= 15 is 0 Å². The predicted molar refractivity (Wildman–Crippen MR) is 175 cm³/mol. The Labute approximate surface area is 269 Å². The topological polar surface area (TPSA) is 102 Å². The van der Waals surface area contributed by atoms with E-state index in [0.717, 1.165) is 24.0 Å². The Bertz CT molecular complexity index is 1690. The molecule has 1 aromatic heterocycles. The summed E-state index contributed by atoms with van der Waals surface area (Å²) in [6.07, 6.45) is 1.87. The SMILES string of the molecule is CCCCOc1ccc(C2C(=C(O)c3ccc(C)cc3)C(=O)C(=O)N2c2nnc(SCc3ccccc3Cl)s2)cc1OCC. The number of aliphatic hydroxyl groups excluding tert-OH is 1. The average molecular weight is 650 g/mol. The third-order valence-electron chi connectivity index (χ3n) is 7.02. The van der Waals surface area contributed by atoms with Gasteiger partial charge in [-0.15, -0.1) is 10.2 Å². The third kappa shape index (κ3) is 6.77. The van der Waals surface area contributed by atoms with Gasteiger partial charge in [-0.3, -0.25) is 14.5 Å². The van der Waals surface area contributed by atoms with Gasteiger partial charge in [0.05, 0.1) is 24.8 Å². The highest BCUT2D eigenvalue weighted by atomic mass is 35.5. The number of ketones is 1. The Hall–Kier alpha value is -3.86. The number of carbonyl (C=O) groups excluding carboxylic acids is 2. The molecule has 1 aliphatic rings. The molecule has 1 fully saturated rings. The third-order valence-corrected chi connectivity index (χ3v) is 9.49. The summed E-state index contributed by atoms with van der Waals surface area (Å²) < 4.78 is 12.5. The van der Waals surface area contributed by atoms with Crippen molar-refractivity contribution in [3.63, 3.8) is 0 Å². The molecule has 5 rings (SSSR count). The van der Waals surface area contributed by atoms with Crippen LogP contribution in [-0.2, 0) is 15.3 Å². The number of hydrogen-bond donors (Lipinski definition) is 1. The number of aliphatic hydroxyl groups is 1. The number of nitrogens with zero attached hydrogens (tertiary/aromatic N) is 3. The summed E-state index contributed by atoms with van der Waals surface area (Å²) in [7, 11) is 0. The predicted octanol–water partition coefficient (Wildman–Crippen LogP) is 8.00. The minimum atomic E-state index is -0.977. The second-order valence-electron chi connectivity index (χ2n) is 10.1. The highest BCUT2D eigenvalue weighted by Crippen LogP contribution is 2.45. The van der Waals surface area contributed by atoms with Gasteiger partial charge in [0, 0.05) is 16.3 Å². The van der Waals surface area contributed by atoms with Crippen molar-refractivity contribution < 1.29 is 24.2 Å². The monoisotopic (exact) mass is 649 g/mol.